The first-order valence-electron chi connectivity index (χ1n) is 10.6. The average molecular weight is 420 g/mol. The summed E-state index contributed by atoms with van der Waals surface area (Å²) in [6.45, 7) is 11.3. The predicted octanol–water partition coefficient (Wildman–Crippen LogP) is 0.378. The number of thiol groups is 1. The first-order chi connectivity index (χ1) is 14.2. The minimum Gasteiger partial charge on any atom is -0.379 e. The second-order valence-corrected chi connectivity index (χ2v) is 8.42. The zero-order chi connectivity index (χ0) is 20.1. The molecule has 2 saturated heterocycles. The molecule has 4 rings (SSSR count). The van der Waals surface area contributed by atoms with Crippen molar-refractivity contribution < 1.29 is 4.74 Å². The van der Waals surface area contributed by atoms with E-state index in [9.17, 15) is 0 Å². The van der Waals surface area contributed by atoms with Crippen LogP contribution in [0.2, 0.25) is 0 Å². The fourth-order valence-electron chi connectivity index (χ4n) is 4.10. The SMILES string of the molecule is CN1CC/C(=N/NC(S)N2CCN(CCN3CCOCC3)CC2)c2ncccc21. The van der Waals surface area contributed by atoms with Gasteiger partial charge in [0.05, 0.1) is 24.6 Å². The van der Waals surface area contributed by atoms with Crippen LogP contribution in [-0.2, 0) is 4.74 Å². The fourth-order valence-corrected chi connectivity index (χ4v) is 4.39. The number of hydrogen-bond acceptors (Lipinski definition) is 9. The summed E-state index contributed by atoms with van der Waals surface area (Å²) in [4.78, 5) is 14.2. The average Bonchev–Trinajstić information content (AvgIpc) is 2.78. The molecule has 1 unspecified atom stereocenters. The molecule has 0 spiro atoms. The Morgan fingerprint density at radius 1 is 1.10 bits per heavy atom. The molecule has 8 nitrogen and oxygen atoms in total. The van der Waals surface area contributed by atoms with Gasteiger partial charge in [-0.25, -0.2) is 0 Å². The maximum Gasteiger partial charge on any atom is 0.141 e. The Kier molecular flexibility index (Phi) is 7.25. The zero-order valence-corrected chi connectivity index (χ0v) is 18.2. The zero-order valence-electron chi connectivity index (χ0n) is 17.3. The third-order valence-electron chi connectivity index (χ3n) is 6.06. The van der Waals surface area contributed by atoms with Crippen LogP contribution in [0.5, 0.6) is 0 Å². The molecular weight excluding hydrogens is 386 g/mol. The lowest BCUT2D eigenvalue weighted by molar-refractivity contribution is 0.0291. The number of hydrogen-bond donors (Lipinski definition) is 2. The summed E-state index contributed by atoms with van der Waals surface area (Å²) in [7, 11) is 2.10. The first kappa shape index (κ1) is 20.9. The van der Waals surface area contributed by atoms with Crippen LogP contribution in [0.4, 0.5) is 5.69 Å². The molecule has 0 aliphatic carbocycles. The second-order valence-electron chi connectivity index (χ2n) is 7.94. The minimum atomic E-state index is -0.0734. The number of piperazine rings is 1. The van der Waals surface area contributed by atoms with E-state index in [2.05, 4.69) is 48.2 Å². The van der Waals surface area contributed by atoms with Crippen molar-refractivity contribution in [2.24, 2.45) is 5.10 Å². The number of fused-ring (bicyclic) bond motifs is 1. The van der Waals surface area contributed by atoms with E-state index in [-0.39, 0.29) is 5.50 Å². The van der Waals surface area contributed by atoms with Crippen molar-refractivity contribution in [3.8, 4) is 0 Å². The van der Waals surface area contributed by atoms with Crippen molar-refractivity contribution in [3.05, 3.63) is 24.0 Å². The lowest BCUT2D eigenvalue weighted by atomic mass is 10.1. The molecule has 0 radical (unpaired) electrons. The van der Waals surface area contributed by atoms with Gasteiger partial charge in [-0.05, 0) is 12.1 Å². The quantitative estimate of drug-likeness (QED) is 0.393. The Bertz CT molecular complexity index is 689. The Balaban J connectivity index is 1.23. The van der Waals surface area contributed by atoms with E-state index < -0.39 is 0 Å². The molecule has 9 heteroatoms. The van der Waals surface area contributed by atoms with Gasteiger partial charge in [0.2, 0.25) is 0 Å². The second kappa shape index (κ2) is 10.1. The summed E-state index contributed by atoms with van der Waals surface area (Å²) >= 11 is 4.76. The number of rotatable bonds is 6. The maximum absolute atomic E-state index is 5.43. The van der Waals surface area contributed by atoms with Gasteiger partial charge in [0.25, 0.3) is 0 Å². The molecule has 1 aromatic heterocycles. The van der Waals surface area contributed by atoms with Crippen LogP contribution >= 0.6 is 12.6 Å². The van der Waals surface area contributed by atoms with Gasteiger partial charge in [-0.15, -0.1) is 12.6 Å². The van der Waals surface area contributed by atoms with E-state index in [0.29, 0.717) is 0 Å². The Hall–Kier alpha value is -1.39. The third kappa shape index (κ3) is 5.40. The Labute approximate surface area is 179 Å². The lowest BCUT2D eigenvalue weighted by Gasteiger charge is -2.38. The van der Waals surface area contributed by atoms with Gasteiger partial charge in [0.15, 0.2) is 0 Å². The van der Waals surface area contributed by atoms with Crippen molar-refractivity contribution in [2.75, 3.05) is 84.1 Å². The number of aromatic nitrogens is 1. The lowest BCUT2D eigenvalue weighted by Crippen LogP contribution is -2.53. The van der Waals surface area contributed by atoms with Crippen LogP contribution in [0.25, 0.3) is 0 Å². The van der Waals surface area contributed by atoms with Crippen LogP contribution in [0.3, 0.4) is 0 Å². The van der Waals surface area contributed by atoms with Crippen LogP contribution in [-0.4, -0.2) is 110 Å². The van der Waals surface area contributed by atoms with E-state index >= 15 is 0 Å². The van der Waals surface area contributed by atoms with E-state index in [0.717, 1.165) is 95.6 Å². The number of anilines is 1. The molecule has 1 aromatic rings. The molecule has 0 saturated carbocycles. The molecule has 160 valence electrons. The molecule has 1 atom stereocenters. The number of nitrogens with one attached hydrogen (secondary N) is 1. The normalized spacial score (nSPS) is 24.5. The number of hydrazone groups is 1. The van der Waals surface area contributed by atoms with Crippen LogP contribution in [0, 0.1) is 0 Å². The standard InChI is InChI=1S/C20H33N7OS/c1-24-6-4-17(19-18(24)3-2-5-21-19)22-23-20(29)27-11-9-25(10-12-27)7-8-26-13-15-28-16-14-26/h2-3,5,20,23,29H,4,6-16H2,1H3/b22-17-. The number of pyridine rings is 1. The summed E-state index contributed by atoms with van der Waals surface area (Å²) in [6.07, 6.45) is 2.73. The fraction of sp³-hybridized carbons (Fsp3) is 0.700. The molecule has 4 heterocycles. The molecule has 0 amide bonds. The highest BCUT2D eigenvalue weighted by atomic mass is 32.1. The highest BCUT2D eigenvalue weighted by molar-refractivity contribution is 7.80. The minimum absolute atomic E-state index is 0.0734. The largest absolute Gasteiger partial charge is 0.379 e. The summed E-state index contributed by atoms with van der Waals surface area (Å²) in [6, 6.07) is 4.08. The summed E-state index contributed by atoms with van der Waals surface area (Å²) in [5.74, 6) is 0. The van der Waals surface area contributed by atoms with Crippen molar-refractivity contribution in [1.29, 1.82) is 0 Å². The Morgan fingerprint density at radius 3 is 2.59 bits per heavy atom. The van der Waals surface area contributed by atoms with Crippen molar-refractivity contribution in [3.63, 3.8) is 0 Å². The monoisotopic (exact) mass is 419 g/mol. The van der Waals surface area contributed by atoms with Gasteiger partial charge in [-0.1, -0.05) is 0 Å². The summed E-state index contributed by atoms with van der Waals surface area (Å²) < 4.78 is 5.43. The Morgan fingerprint density at radius 2 is 1.83 bits per heavy atom. The summed E-state index contributed by atoms with van der Waals surface area (Å²) in [5, 5.41) is 4.68. The molecule has 2 fully saturated rings. The van der Waals surface area contributed by atoms with Crippen molar-refractivity contribution in [2.45, 2.75) is 11.9 Å². The van der Waals surface area contributed by atoms with Crippen molar-refractivity contribution in [1.82, 2.24) is 25.1 Å². The predicted molar refractivity (Wildman–Crippen MR) is 120 cm³/mol. The first-order valence-corrected chi connectivity index (χ1v) is 11.2. The van der Waals surface area contributed by atoms with Crippen LogP contribution in [0.1, 0.15) is 12.1 Å². The number of ether oxygens (including phenoxy) is 1. The van der Waals surface area contributed by atoms with Gasteiger partial charge in [0, 0.05) is 78.6 Å². The van der Waals surface area contributed by atoms with Gasteiger partial charge in [0.1, 0.15) is 11.2 Å². The summed E-state index contributed by atoms with van der Waals surface area (Å²) in [5.41, 5.74) is 6.31. The molecular formula is C20H33N7OS. The van der Waals surface area contributed by atoms with Crippen molar-refractivity contribution >= 4 is 24.0 Å². The van der Waals surface area contributed by atoms with Crippen LogP contribution < -0.4 is 10.3 Å². The molecule has 3 aliphatic heterocycles. The topological polar surface area (TPSA) is 59.5 Å². The van der Waals surface area contributed by atoms with Gasteiger partial charge < -0.3 is 9.64 Å². The van der Waals surface area contributed by atoms with Gasteiger partial charge >= 0.3 is 0 Å². The van der Waals surface area contributed by atoms with Gasteiger partial charge in [-0.3, -0.25) is 25.1 Å². The number of nitrogens with zero attached hydrogens (tertiary/aromatic N) is 6. The van der Waals surface area contributed by atoms with Crippen LogP contribution in [0.15, 0.2) is 23.4 Å². The van der Waals surface area contributed by atoms with E-state index in [1.807, 2.05) is 12.3 Å². The maximum atomic E-state index is 5.43. The molecule has 0 aromatic carbocycles. The van der Waals surface area contributed by atoms with E-state index in [1.165, 1.54) is 0 Å². The molecule has 1 N–H and O–H groups in total. The van der Waals surface area contributed by atoms with E-state index in [4.69, 9.17) is 17.4 Å². The molecule has 0 bridgehead atoms. The van der Waals surface area contributed by atoms with E-state index in [1.54, 1.807) is 0 Å². The molecule has 29 heavy (non-hydrogen) atoms. The van der Waals surface area contributed by atoms with Gasteiger partial charge in [-0.2, -0.15) is 5.10 Å². The third-order valence-corrected chi connectivity index (χ3v) is 6.50. The number of morpholine rings is 1. The molecule has 3 aliphatic rings. The highest BCUT2D eigenvalue weighted by Crippen LogP contribution is 2.23. The smallest absolute Gasteiger partial charge is 0.141 e. The highest BCUT2D eigenvalue weighted by Gasteiger charge is 2.24.